The number of benzene rings is 2. The predicted octanol–water partition coefficient (Wildman–Crippen LogP) is 4.75. The fourth-order valence-electron chi connectivity index (χ4n) is 3.51. The molecule has 2 aromatic carbocycles. The Kier molecular flexibility index (Phi) is 5.98. The maximum Gasteiger partial charge on any atom is 0.319 e. The Morgan fingerprint density at radius 3 is 2.57 bits per heavy atom. The average molecular weight is 501 g/mol. The first-order chi connectivity index (χ1) is 16.8. The molecule has 0 saturated heterocycles. The number of rotatable bonds is 8. The van der Waals surface area contributed by atoms with Gasteiger partial charge in [0.2, 0.25) is 5.75 Å². The number of nitrogens with zero attached hydrogens (tertiary/aromatic N) is 1. The van der Waals surface area contributed by atoms with Crippen LogP contribution in [0, 0.1) is 5.82 Å². The molecule has 2 aliphatic carbocycles. The summed E-state index contributed by atoms with van der Waals surface area (Å²) >= 11 is 6.54. The van der Waals surface area contributed by atoms with Crippen LogP contribution in [0.15, 0.2) is 30.5 Å². The number of amides is 3. The third-order valence-corrected chi connectivity index (χ3v) is 5.98. The molecule has 4 N–H and O–H groups in total. The molecule has 0 bridgehead atoms. The number of aromatic nitrogens is 1. The molecule has 0 spiro atoms. The Morgan fingerprint density at radius 1 is 1.14 bits per heavy atom. The van der Waals surface area contributed by atoms with Crippen molar-refractivity contribution >= 4 is 40.1 Å². The minimum Gasteiger partial charge on any atom is -0.496 e. The molecule has 2 fully saturated rings. The van der Waals surface area contributed by atoms with Crippen LogP contribution in [0.2, 0.25) is 5.02 Å². The second kappa shape index (κ2) is 9.10. The summed E-state index contributed by atoms with van der Waals surface area (Å²) in [4.78, 5) is 28.4. The number of hydrogen-bond donors (Lipinski definition) is 3. The second-order valence-corrected chi connectivity index (χ2v) is 8.79. The highest BCUT2D eigenvalue weighted by molar-refractivity contribution is 6.35. The molecular weight excluding hydrogens is 479 g/mol. The third kappa shape index (κ3) is 4.88. The molecule has 0 aliphatic heterocycles. The molecule has 0 unspecified atom stereocenters. The zero-order valence-corrected chi connectivity index (χ0v) is 19.4. The molecule has 182 valence electrons. The molecule has 0 atom stereocenters. The number of methoxy groups -OCH3 is 1. The van der Waals surface area contributed by atoms with E-state index < -0.39 is 17.8 Å². The van der Waals surface area contributed by atoms with Gasteiger partial charge in [-0.1, -0.05) is 11.6 Å². The number of halogens is 2. The number of pyridine rings is 1. The molecule has 11 heteroatoms. The van der Waals surface area contributed by atoms with E-state index in [9.17, 15) is 9.59 Å². The van der Waals surface area contributed by atoms with Gasteiger partial charge < -0.3 is 30.6 Å². The molecule has 35 heavy (non-hydrogen) atoms. The summed E-state index contributed by atoms with van der Waals surface area (Å²) in [5, 5.41) is 5.75. The number of ether oxygens (including phenoxy) is 3. The van der Waals surface area contributed by atoms with Gasteiger partial charge in [0.25, 0.3) is 5.91 Å². The molecule has 3 aromatic rings. The van der Waals surface area contributed by atoms with Crippen LogP contribution in [0.1, 0.15) is 36.0 Å². The van der Waals surface area contributed by atoms with Gasteiger partial charge in [-0.2, -0.15) is 0 Å². The Labute approximate surface area is 204 Å². The molecular formula is C24H22ClFN4O5. The molecule has 5 rings (SSSR count). The first kappa shape index (κ1) is 23.0. The molecule has 2 saturated carbocycles. The van der Waals surface area contributed by atoms with Gasteiger partial charge in [-0.25, -0.2) is 9.18 Å². The smallest absolute Gasteiger partial charge is 0.319 e. The van der Waals surface area contributed by atoms with Crippen molar-refractivity contribution in [2.24, 2.45) is 5.73 Å². The van der Waals surface area contributed by atoms with Gasteiger partial charge in [0.05, 0.1) is 30.0 Å². The number of urea groups is 1. The maximum atomic E-state index is 15.4. The third-order valence-electron chi connectivity index (χ3n) is 5.60. The van der Waals surface area contributed by atoms with Gasteiger partial charge in [0.1, 0.15) is 16.5 Å². The quantitative estimate of drug-likeness (QED) is 0.410. The predicted molar refractivity (Wildman–Crippen MR) is 127 cm³/mol. The summed E-state index contributed by atoms with van der Waals surface area (Å²) in [6.45, 7) is 0. The Morgan fingerprint density at radius 2 is 1.91 bits per heavy atom. The highest BCUT2D eigenvalue weighted by atomic mass is 35.5. The minimum absolute atomic E-state index is 0.0112. The van der Waals surface area contributed by atoms with Gasteiger partial charge in [-0.15, -0.1) is 0 Å². The SMILES string of the molecule is COc1cc2nccc(Oc3c(F)cc(NC(=O)NC4CC4)c(Cl)c3OC3CC3)c2cc1C(N)=O. The molecule has 9 nitrogen and oxygen atoms in total. The summed E-state index contributed by atoms with van der Waals surface area (Å²) in [5.74, 6) is -1.32. The summed E-state index contributed by atoms with van der Waals surface area (Å²) in [6, 6.07) is 5.24. The van der Waals surface area contributed by atoms with Crippen molar-refractivity contribution in [3.05, 3.63) is 46.9 Å². The number of fused-ring (bicyclic) bond motifs is 1. The van der Waals surface area contributed by atoms with Crippen LogP contribution in [0.3, 0.4) is 0 Å². The zero-order chi connectivity index (χ0) is 24.7. The largest absolute Gasteiger partial charge is 0.496 e. The molecule has 1 aromatic heterocycles. The van der Waals surface area contributed by atoms with E-state index in [4.69, 9.17) is 31.5 Å². The van der Waals surface area contributed by atoms with E-state index in [0.717, 1.165) is 31.7 Å². The number of hydrogen-bond acceptors (Lipinski definition) is 6. The van der Waals surface area contributed by atoms with Crippen LogP contribution in [0.25, 0.3) is 10.9 Å². The van der Waals surface area contributed by atoms with Gasteiger partial charge in [-0.3, -0.25) is 9.78 Å². The van der Waals surface area contributed by atoms with Crippen LogP contribution >= 0.6 is 11.6 Å². The van der Waals surface area contributed by atoms with E-state index >= 15 is 4.39 Å². The van der Waals surface area contributed by atoms with E-state index in [-0.39, 0.29) is 51.4 Å². The average Bonchev–Trinajstić information content (AvgIpc) is 3.75. The molecule has 1 heterocycles. The number of nitrogens with one attached hydrogen (secondary N) is 2. The number of primary amides is 1. The summed E-state index contributed by atoms with van der Waals surface area (Å²) in [5.41, 5.74) is 6.11. The standard InChI is InChI=1S/C24H22ClFN4O5/c1-33-19-10-16-13(8-14(19)23(27)31)18(6-7-28-16)35-21-15(26)9-17(30-24(32)29-11-2-3-11)20(25)22(21)34-12-4-5-12/h6-12H,2-5H2,1H3,(H2,27,31)(H2,29,30,32). The fraction of sp³-hybridized carbons (Fsp3) is 0.292. The number of carbonyl (C=O) groups is 2. The lowest BCUT2D eigenvalue weighted by molar-refractivity contribution is 0.0997. The molecule has 3 amide bonds. The van der Waals surface area contributed by atoms with Gasteiger partial charge in [-0.05, 0) is 37.8 Å². The lowest BCUT2D eigenvalue weighted by Gasteiger charge is -2.18. The van der Waals surface area contributed by atoms with Crippen LogP contribution in [0.4, 0.5) is 14.9 Å². The monoisotopic (exact) mass is 500 g/mol. The maximum absolute atomic E-state index is 15.4. The second-order valence-electron chi connectivity index (χ2n) is 8.41. The Bertz CT molecular complexity index is 1340. The highest BCUT2D eigenvalue weighted by Crippen LogP contribution is 2.47. The number of anilines is 1. The van der Waals surface area contributed by atoms with Gasteiger partial charge >= 0.3 is 6.03 Å². The summed E-state index contributed by atoms with van der Waals surface area (Å²) < 4.78 is 32.4. The summed E-state index contributed by atoms with van der Waals surface area (Å²) in [6.07, 6.45) is 4.72. The van der Waals surface area contributed by atoms with Crippen molar-refractivity contribution in [1.29, 1.82) is 0 Å². The summed E-state index contributed by atoms with van der Waals surface area (Å²) in [7, 11) is 1.41. The fourth-order valence-corrected chi connectivity index (χ4v) is 3.74. The van der Waals surface area contributed by atoms with Crippen molar-refractivity contribution in [2.45, 2.75) is 37.8 Å². The van der Waals surface area contributed by atoms with Crippen molar-refractivity contribution in [1.82, 2.24) is 10.3 Å². The highest BCUT2D eigenvalue weighted by Gasteiger charge is 2.31. The van der Waals surface area contributed by atoms with E-state index in [1.54, 1.807) is 6.07 Å². The topological polar surface area (TPSA) is 125 Å². The van der Waals surface area contributed by atoms with Crippen LogP contribution in [0.5, 0.6) is 23.0 Å². The number of carbonyl (C=O) groups excluding carboxylic acids is 2. The minimum atomic E-state index is -0.791. The Balaban J connectivity index is 1.55. The van der Waals surface area contributed by atoms with Crippen LogP contribution in [-0.4, -0.2) is 36.2 Å². The first-order valence-electron chi connectivity index (χ1n) is 11.0. The Hall–Kier alpha value is -3.79. The van der Waals surface area contributed by atoms with Crippen molar-refractivity contribution in [3.63, 3.8) is 0 Å². The van der Waals surface area contributed by atoms with Crippen molar-refractivity contribution in [3.8, 4) is 23.0 Å². The van der Waals surface area contributed by atoms with Crippen LogP contribution < -0.4 is 30.6 Å². The van der Waals surface area contributed by atoms with Gasteiger partial charge in [0, 0.05) is 29.8 Å². The van der Waals surface area contributed by atoms with E-state index in [0.29, 0.717) is 10.9 Å². The van der Waals surface area contributed by atoms with E-state index in [2.05, 4.69) is 15.6 Å². The zero-order valence-electron chi connectivity index (χ0n) is 18.7. The number of nitrogens with two attached hydrogens (primary N) is 1. The van der Waals surface area contributed by atoms with E-state index in [1.807, 2.05) is 0 Å². The van der Waals surface area contributed by atoms with Gasteiger partial charge in [0.15, 0.2) is 11.6 Å². The lowest BCUT2D eigenvalue weighted by atomic mass is 10.1. The van der Waals surface area contributed by atoms with E-state index in [1.165, 1.54) is 25.4 Å². The lowest BCUT2D eigenvalue weighted by Crippen LogP contribution is -2.30. The molecule has 2 aliphatic rings. The van der Waals surface area contributed by atoms with Crippen LogP contribution in [-0.2, 0) is 0 Å². The molecule has 0 radical (unpaired) electrons. The normalized spacial score (nSPS) is 14.9. The van der Waals surface area contributed by atoms with Crippen molar-refractivity contribution in [2.75, 3.05) is 12.4 Å². The first-order valence-corrected chi connectivity index (χ1v) is 11.4. The van der Waals surface area contributed by atoms with Crippen molar-refractivity contribution < 1.29 is 28.2 Å².